The largest absolute Gasteiger partial charge is 0.253 e. The molecule has 3 nitrogen and oxygen atoms in total. The normalized spacial score (nSPS) is 12.5. The summed E-state index contributed by atoms with van der Waals surface area (Å²) in [6, 6.07) is 19.9. The Labute approximate surface area is 200 Å². The standard InChI is InChI=1S/C31H29N3/c1-17-10-18(2)12-20(11-17)27-15-25-24-14-21(16-31(4,5)6)33-26-9-7-8-22(28(24)26)23-13-19(3)32-30(34-27)29(23)25/h7-15H,16H2,1-6H3. The lowest BCUT2D eigenvalue weighted by Gasteiger charge is -2.20. The molecular weight excluding hydrogens is 414 g/mol. The number of pyridine rings is 3. The Morgan fingerprint density at radius 1 is 0.676 bits per heavy atom. The number of rotatable bonds is 2. The third-order valence-electron chi connectivity index (χ3n) is 6.60. The van der Waals surface area contributed by atoms with Gasteiger partial charge in [-0.25, -0.2) is 9.97 Å². The minimum Gasteiger partial charge on any atom is -0.253 e. The fourth-order valence-corrected chi connectivity index (χ4v) is 5.47. The maximum absolute atomic E-state index is 5.10. The molecule has 3 heteroatoms. The van der Waals surface area contributed by atoms with E-state index in [0.717, 1.165) is 45.6 Å². The molecule has 0 aliphatic heterocycles. The van der Waals surface area contributed by atoms with Crippen molar-refractivity contribution in [2.45, 2.75) is 48.0 Å². The van der Waals surface area contributed by atoms with E-state index in [0.29, 0.717) is 0 Å². The number of hydrogen-bond acceptors (Lipinski definition) is 3. The fourth-order valence-electron chi connectivity index (χ4n) is 5.47. The second-order valence-corrected chi connectivity index (χ2v) is 11.0. The number of benzene rings is 3. The van der Waals surface area contributed by atoms with Crippen LogP contribution >= 0.6 is 0 Å². The van der Waals surface area contributed by atoms with Crippen molar-refractivity contribution in [1.29, 1.82) is 0 Å². The van der Waals surface area contributed by atoms with Gasteiger partial charge in [-0.1, -0.05) is 50.1 Å². The predicted octanol–water partition coefficient (Wildman–Crippen LogP) is 8.10. The molecule has 0 radical (unpaired) electrons. The van der Waals surface area contributed by atoms with Crippen molar-refractivity contribution in [1.82, 2.24) is 15.0 Å². The molecule has 0 saturated carbocycles. The second kappa shape index (κ2) is 7.20. The molecule has 168 valence electrons. The first-order chi connectivity index (χ1) is 16.2. The van der Waals surface area contributed by atoms with Gasteiger partial charge in [-0.3, -0.25) is 4.98 Å². The van der Waals surface area contributed by atoms with Crippen molar-refractivity contribution >= 4 is 43.5 Å². The molecule has 0 spiro atoms. The van der Waals surface area contributed by atoms with Gasteiger partial charge in [0.05, 0.1) is 11.2 Å². The Morgan fingerprint density at radius 2 is 1.38 bits per heavy atom. The van der Waals surface area contributed by atoms with Crippen molar-refractivity contribution < 1.29 is 0 Å². The van der Waals surface area contributed by atoms with E-state index in [1.165, 1.54) is 38.1 Å². The highest BCUT2D eigenvalue weighted by atomic mass is 14.9. The predicted molar refractivity (Wildman–Crippen MR) is 144 cm³/mol. The quantitative estimate of drug-likeness (QED) is 0.200. The van der Waals surface area contributed by atoms with Crippen molar-refractivity contribution in [3.05, 3.63) is 77.1 Å². The van der Waals surface area contributed by atoms with E-state index < -0.39 is 0 Å². The van der Waals surface area contributed by atoms with E-state index in [9.17, 15) is 0 Å². The third kappa shape index (κ3) is 3.38. The molecule has 34 heavy (non-hydrogen) atoms. The number of hydrogen-bond donors (Lipinski definition) is 0. The Morgan fingerprint density at radius 3 is 2.12 bits per heavy atom. The van der Waals surface area contributed by atoms with Crippen LogP contribution < -0.4 is 0 Å². The molecular formula is C31H29N3. The van der Waals surface area contributed by atoms with Crippen LogP contribution in [0.3, 0.4) is 0 Å². The number of aryl methyl sites for hydroxylation is 3. The van der Waals surface area contributed by atoms with Gasteiger partial charge in [0.15, 0.2) is 5.65 Å². The molecule has 3 heterocycles. The summed E-state index contributed by atoms with van der Waals surface area (Å²) in [6.45, 7) is 13.1. The van der Waals surface area contributed by atoms with E-state index in [2.05, 4.69) is 96.1 Å². The smallest absolute Gasteiger partial charge is 0.161 e. The molecule has 3 aromatic carbocycles. The van der Waals surface area contributed by atoms with Crippen molar-refractivity contribution in [3.8, 4) is 11.3 Å². The van der Waals surface area contributed by atoms with Gasteiger partial charge >= 0.3 is 0 Å². The van der Waals surface area contributed by atoms with Crippen LogP contribution in [0.15, 0.2) is 54.6 Å². The molecule has 0 unspecified atom stereocenters. The van der Waals surface area contributed by atoms with Crippen LogP contribution in [0.5, 0.6) is 0 Å². The second-order valence-electron chi connectivity index (χ2n) is 11.0. The molecule has 0 aliphatic carbocycles. The Hall–Kier alpha value is -3.59. The van der Waals surface area contributed by atoms with E-state index in [1.807, 2.05) is 0 Å². The maximum Gasteiger partial charge on any atom is 0.161 e. The van der Waals surface area contributed by atoms with Crippen LogP contribution in [0.2, 0.25) is 0 Å². The van der Waals surface area contributed by atoms with Crippen LogP contribution in [0, 0.1) is 26.2 Å². The zero-order valence-corrected chi connectivity index (χ0v) is 20.7. The third-order valence-corrected chi connectivity index (χ3v) is 6.60. The van der Waals surface area contributed by atoms with Gasteiger partial charge in [-0.05, 0) is 90.6 Å². The van der Waals surface area contributed by atoms with E-state index in [-0.39, 0.29) is 5.41 Å². The summed E-state index contributed by atoms with van der Waals surface area (Å²) in [5.74, 6) is 0. The SMILES string of the molecule is Cc1cc(C)cc(-c2cc3c4cc(CC(C)(C)C)nc5cccc(c6cc(C)nc(n2)c63)c54)c1. The van der Waals surface area contributed by atoms with Crippen molar-refractivity contribution in [3.63, 3.8) is 0 Å². The summed E-state index contributed by atoms with van der Waals surface area (Å²) in [5.41, 5.74) is 8.75. The summed E-state index contributed by atoms with van der Waals surface area (Å²) >= 11 is 0. The van der Waals surface area contributed by atoms with Gasteiger partial charge in [0.1, 0.15) is 0 Å². The summed E-state index contributed by atoms with van der Waals surface area (Å²) < 4.78 is 0. The first-order valence-electron chi connectivity index (χ1n) is 12.0. The van der Waals surface area contributed by atoms with Gasteiger partial charge in [0.25, 0.3) is 0 Å². The first kappa shape index (κ1) is 21.0. The lowest BCUT2D eigenvalue weighted by Crippen LogP contribution is -2.10. The Bertz CT molecular complexity index is 1720. The molecule has 3 aromatic heterocycles. The summed E-state index contributed by atoms with van der Waals surface area (Å²) in [4.78, 5) is 15.1. The molecule has 0 saturated heterocycles. The van der Waals surface area contributed by atoms with Crippen LogP contribution in [0.25, 0.3) is 54.7 Å². The maximum atomic E-state index is 5.10. The van der Waals surface area contributed by atoms with E-state index in [4.69, 9.17) is 15.0 Å². The molecule has 0 N–H and O–H groups in total. The van der Waals surface area contributed by atoms with Crippen LogP contribution in [0.4, 0.5) is 0 Å². The average molecular weight is 444 g/mol. The molecule has 0 aliphatic rings. The van der Waals surface area contributed by atoms with Gasteiger partial charge < -0.3 is 0 Å². The van der Waals surface area contributed by atoms with Gasteiger partial charge in [-0.2, -0.15) is 0 Å². The monoisotopic (exact) mass is 443 g/mol. The van der Waals surface area contributed by atoms with Gasteiger partial charge in [0, 0.05) is 27.7 Å². The molecule has 0 fully saturated rings. The summed E-state index contributed by atoms with van der Waals surface area (Å²) in [6.07, 6.45) is 0.928. The minimum absolute atomic E-state index is 0.161. The molecule has 0 atom stereocenters. The van der Waals surface area contributed by atoms with Gasteiger partial charge in [0.2, 0.25) is 0 Å². The highest BCUT2D eigenvalue weighted by Gasteiger charge is 2.20. The Balaban J connectivity index is 1.80. The van der Waals surface area contributed by atoms with Gasteiger partial charge in [-0.15, -0.1) is 0 Å². The van der Waals surface area contributed by atoms with Crippen molar-refractivity contribution in [2.75, 3.05) is 0 Å². The average Bonchev–Trinajstić information content (AvgIpc) is 2.74. The van der Waals surface area contributed by atoms with Crippen LogP contribution in [-0.2, 0) is 6.42 Å². The zero-order chi connectivity index (χ0) is 23.8. The summed E-state index contributed by atoms with van der Waals surface area (Å²) in [5, 5.41) is 7.27. The lowest BCUT2D eigenvalue weighted by atomic mass is 9.88. The van der Waals surface area contributed by atoms with Crippen LogP contribution in [0.1, 0.15) is 43.3 Å². The highest BCUT2D eigenvalue weighted by Crippen LogP contribution is 2.41. The summed E-state index contributed by atoms with van der Waals surface area (Å²) in [7, 11) is 0. The first-order valence-corrected chi connectivity index (χ1v) is 12.0. The molecule has 6 aromatic rings. The Kier molecular flexibility index (Phi) is 4.44. The molecule has 6 rings (SSSR count). The van der Waals surface area contributed by atoms with Crippen LogP contribution in [-0.4, -0.2) is 15.0 Å². The zero-order valence-electron chi connectivity index (χ0n) is 20.7. The molecule has 0 amide bonds. The van der Waals surface area contributed by atoms with E-state index >= 15 is 0 Å². The molecule has 0 bridgehead atoms. The number of fused-ring (bicyclic) bond motifs is 2. The topological polar surface area (TPSA) is 38.7 Å². The van der Waals surface area contributed by atoms with Crippen molar-refractivity contribution in [2.24, 2.45) is 5.41 Å². The minimum atomic E-state index is 0.161. The fraction of sp³-hybridized carbons (Fsp3) is 0.258. The highest BCUT2D eigenvalue weighted by molar-refractivity contribution is 6.32. The number of nitrogens with zero attached hydrogens (tertiary/aromatic N) is 3. The number of aromatic nitrogens is 3. The lowest BCUT2D eigenvalue weighted by molar-refractivity contribution is 0.407. The van der Waals surface area contributed by atoms with E-state index in [1.54, 1.807) is 0 Å².